The Hall–Kier alpha value is -3.52. The van der Waals surface area contributed by atoms with E-state index in [1.54, 1.807) is 0 Å². The Morgan fingerprint density at radius 1 is 1.20 bits per heavy atom. The minimum absolute atomic E-state index is 0.0849. The summed E-state index contributed by atoms with van der Waals surface area (Å²) in [5, 5.41) is 13.9. The van der Waals surface area contributed by atoms with Crippen molar-refractivity contribution in [1.82, 2.24) is 25.2 Å². The fraction of sp³-hybridized carbons (Fsp3) is 0.407. The number of pyridine rings is 1. The lowest BCUT2D eigenvalue weighted by molar-refractivity contribution is 0.0924. The number of benzene rings is 2. The van der Waals surface area contributed by atoms with Crippen LogP contribution in [0.15, 0.2) is 47.3 Å². The first-order valence-corrected chi connectivity index (χ1v) is 12.4. The molecule has 0 aliphatic carbocycles. The molecule has 1 fully saturated rings. The van der Waals surface area contributed by atoms with Crippen LogP contribution in [0.25, 0.3) is 10.9 Å². The van der Waals surface area contributed by atoms with Crippen molar-refractivity contribution in [3.63, 3.8) is 0 Å². The smallest absolute Gasteiger partial charge is 0.254 e. The van der Waals surface area contributed by atoms with Crippen LogP contribution in [0.1, 0.15) is 53.9 Å². The normalized spacial score (nSPS) is 20.5. The fourth-order valence-electron chi connectivity index (χ4n) is 5.66. The zero-order valence-corrected chi connectivity index (χ0v) is 20.4. The zero-order valence-electron chi connectivity index (χ0n) is 20.4. The number of H-pyrrole nitrogens is 1. The number of aromatic nitrogens is 5. The van der Waals surface area contributed by atoms with Gasteiger partial charge in [0.15, 0.2) is 5.82 Å². The third kappa shape index (κ3) is 3.72. The summed E-state index contributed by atoms with van der Waals surface area (Å²) in [6.07, 6.45) is 3.03. The number of rotatable bonds is 5. The predicted molar refractivity (Wildman–Crippen MR) is 135 cm³/mol. The fourth-order valence-corrected chi connectivity index (χ4v) is 5.66. The summed E-state index contributed by atoms with van der Waals surface area (Å²) in [7, 11) is 0. The molecule has 6 rings (SSSR count). The molecule has 4 aromatic rings. The maximum Gasteiger partial charge on any atom is 0.254 e. The van der Waals surface area contributed by atoms with Crippen molar-refractivity contribution in [2.24, 2.45) is 0 Å². The average Bonchev–Trinajstić information content (AvgIpc) is 3.59. The van der Waals surface area contributed by atoms with Crippen LogP contribution in [0.5, 0.6) is 0 Å². The summed E-state index contributed by atoms with van der Waals surface area (Å²) in [6.45, 7) is 7.65. The summed E-state index contributed by atoms with van der Waals surface area (Å²) in [6, 6.07) is 14.4. The van der Waals surface area contributed by atoms with Crippen LogP contribution in [0.3, 0.4) is 0 Å². The van der Waals surface area contributed by atoms with Gasteiger partial charge in [0.2, 0.25) is 0 Å². The number of hydrogen-bond acceptors (Lipinski definition) is 6. The number of nitrogens with one attached hydrogen (secondary N) is 1. The maximum atomic E-state index is 13.7. The van der Waals surface area contributed by atoms with Crippen LogP contribution >= 0.6 is 0 Å². The molecule has 0 radical (unpaired) electrons. The molecule has 8 nitrogen and oxygen atoms in total. The molecule has 0 saturated carbocycles. The van der Waals surface area contributed by atoms with Gasteiger partial charge in [0.05, 0.1) is 18.2 Å². The Labute approximate surface area is 203 Å². The summed E-state index contributed by atoms with van der Waals surface area (Å²) >= 11 is 0. The van der Waals surface area contributed by atoms with Crippen molar-refractivity contribution in [1.29, 1.82) is 0 Å². The number of para-hydroxylation sites is 1. The largest absolute Gasteiger partial charge is 0.376 e. The highest BCUT2D eigenvalue weighted by molar-refractivity contribution is 5.83. The molecule has 8 heteroatoms. The molecule has 0 unspecified atom stereocenters. The lowest BCUT2D eigenvalue weighted by Crippen LogP contribution is -2.39. The SMILES string of the molecule is Cc1ccc2cc([C@H](c3nnnn3C[C@H]3CCCO3)N3c4ccccc4C[C@@H]3C)c(=O)[nH]c2c1C. The van der Waals surface area contributed by atoms with Gasteiger partial charge < -0.3 is 14.6 Å². The quantitative estimate of drug-likeness (QED) is 0.477. The summed E-state index contributed by atoms with van der Waals surface area (Å²) < 4.78 is 7.71. The lowest BCUT2D eigenvalue weighted by atomic mass is 9.99. The van der Waals surface area contributed by atoms with Crippen LogP contribution in [-0.4, -0.2) is 43.9 Å². The van der Waals surface area contributed by atoms with Gasteiger partial charge in [-0.1, -0.05) is 30.3 Å². The van der Waals surface area contributed by atoms with Crippen molar-refractivity contribution in [2.45, 2.75) is 64.8 Å². The first-order valence-electron chi connectivity index (χ1n) is 12.4. The molecule has 2 aromatic carbocycles. The van der Waals surface area contributed by atoms with E-state index in [0.29, 0.717) is 17.9 Å². The number of ether oxygens (including phenoxy) is 1. The van der Waals surface area contributed by atoms with Gasteiger partial charge >= 0.3 is 0 Å². The molecule has 3 atom stereocenters. The average molecular weight is 471 g/mol. The molecule has 1 saturated heterocycles. The standard InChI is InChI=1S/C27H30N6O2/c1-16-10-11-20-14-22(27(34)28-24(20)18(16)3)25(33-17(2)13-19-7-4-5-9-23(19)33)26-29-30-31-32(26)15-21-8-6-12-35-21/h4-5,7,9-11,14,17,21,25H,6,8,12-13,15H2,1-3H3,(H,28,34)/t17-,21+,25+/m0/s1. The number of nitrogens with zero attached hydrogens (tertiary/aromatic N) is 5. The number of aromatic amines is 1. The van der Waals surface area contributed by atoms with E-state index in [1.807, 2.05) is 23.7 Å². The van der Waals surface area contributed by atoms with E-state index < -0.39 is 6.04 Å². The van der Waals surface area contributed by atoms with E-state index in [1.165, 1.54) is 5.56 Å². The van der Waals surface area contributed by atoms with Crippen LogP contribution in [-0.2, 0) is 17.7 Å². The van der Waals surface area contributed by atoms with Gasteiger partial charge in [0, 0.05) is 23.9 Å². The van der Waals surface area contributed by atoms with Gasteiger partial charge in [-0.25, -0.2) is 4.68 Å². The van der Waals surface area contributed by atoms with E-state index in [-0.39, 0.29) is 17.7 Å². The molecular formula is C27H30N6O2. The molecule has 35 heavy (non-hydrogen) atoms. The number of fused-ring (bicyclic) bond motifs is 2. The van der Waals surface area contributed by atoms with E-state index >= 15 is 0 Å². The Balaban J connectivity index is 1.54. The van der Waals surface area contributed by atoms with Crippen molar-refractivity contribution >= 4 is 16.6 Å². The minimum Gasteiger partial charge on any atom is -0.376 e. The Bertz CT molecular complexity index is 1450. The molecule has 0 amide bonds. The molecule has 1 N–H and O–H groups in total. The van der Waals surface area contributed by atoms with Gasteiger partial charge in [0.25, 0.3) is 5.56 Å². The van der Waals surface area contributed by atoms with Crippen molar-refractivity contribution in [2.75, 3.05) is 11.5 Å². The zero-order chi connectivity index (χ0) is 24.1. The maximum absolute atomic E-state index is 13.7. The second kappa shape index (κ2) is 8.61. The molecule has 180 valence electrons. The second-order valence-electron chi connectivity index (χ2n) is 9.87. The van der Waals surface area contributed by atoms with E-state index in [4.69, 9.17) is 4.74 Å². The number of anilines is 1. The van der Waals surface area contributed by atoms with E-state index in [0.717, 1.165) is 53.6 Å². The Morgan fingerprint density at radius 2 is 2.06 bits per heavy atom. The first kappa shape index (κ1) is 22.0. The lowest BCUT2D eigenvalue weighted by Gasteiger charge is -2.33. The second-order valence-corrected chi connectivity index (χ2v) is 9.87. The Morgan fingerprint density at radius 3 is 2.89 bits per heavy atom. The number of hydrogen-bond donors (Lipinski definition) is 1. The molecule has 2 aliphatic heterocycles. The van der Waals surface area contributed by atoms with Crippen LogP contribution in [0.2, 0.25) is 0 Å². The van der Waals surface area contributed by atoms with Crippen molar-refractivity contribution < 1.29 is 4.74 Å². The first-order chi connectivity index (χ1) is 17.0. The molecule has 2 aliphatic rings. The number of aryl methyl sites for hydroxylation is 2. The highest BCUT2D eigenvalue weighted by Gasteiger charge is 2.38. The molecule has 4 heterocycles. The highest BCUT2D eigenvalue weighted by atomic mass is 16.5. The van der Waals surface area contributed by atoms with Crippen LogP contribution in [0, 0.1) is 13.8 Å². The van der Waals surface area contributed by atoms with Crippen molar-refractivity contribution in [3.8, 4) is 0 Å². The minimum atomic E-state index is -0.431. The van der Waals surface area contributed by atoms with Gasteiger partial charge in [0.1, 0.15) is 6.04 Å². The highest BCUT2D eigenvalue weighted by Crippen LogP contribution is 2.40. The van der Waals surface area contributed by atoms with Gasteiger partial charge in [-0.2, -0.15) is 0 Å². The van der Waals surface area contributed by atoms with Crippen LogP contribution < -0.4 is 10.5 Å². The van der Waals surface area contributed by atoms with Gasteiger partial charge in [-0.15, -0.1) is 5.10 Å². The number of tetrazole rings is 1. The van der Waals surface area contributed by atoms with Crippen LogP contribution in [0.4, 0.5) is 5.69 Å². The third-order valence-electron chi connectivity index (χ3n) is 7.62. The van der Waals surface area contributed by atoms with Crippen molar-refractivity contribution in [3.05, 3.63) is 80.9 Å². The summed E-state index contributed by atoms with van der Waals surface area (Å²) in [4.78, 5) is 19.2. The van der Waals surface area contributed by atoms with Gasteiger partial charge in [-0.3, -0.25) is 4.79 Å². The predicted octanol–water partition coefficient (Wildman–Crippen LogP) is 3.85. The molecule has 0 bridgehead atoms. The molecular weight excluding hydrogens is 440 g/mol. The monoisotopic (exact) mass is 470 g/mol. The summed E-state index contributed by atoms with van der Waals surface area (Å²) in [5.41, 5.74) is 6.05. The van der Waals surface area contributed by atoms with Gasteiger partial charge in [-0.05, 0) is 84.7 Å². The topological polar surface area (TPSA) is 88.9 Å². The molecule has 2 aromatic heterocycles. The van der Waals surface area contributed by atoms with E-state index in [2.05, 4.69) is 69.6 Å². The van der Waals surface area contributed by atoms with E-state index in [9.17, 15) is 4.79 Å². The molecule has 0 spiro atoms. The Kier molecular flexibility index (Phi) is 5.40. The summed E-state index contributed by atoms with van der Waals surface area (Å²) in [5.74, 6) is 0.665. The third-order valence-corrected chi connectivity index (χ3v) is 7.62.